The molecule has 0 fully saturated rings. The van der Waals surface area contributed by atoms with Gasteiger partial charge in [0.15, 0.2) is 0 Å². The van der Waals surface area contributed by atoms with Crippen molar-refractivity contribution < 1.29 is 9.53 Å². The molecule has 0 bridgehead atoms. The Morgan fingerprint density at radius 3 is 2.70 bits per heavy atom. The van der Waals surface area contributed by atoms with Crippen LogP contribution in [0.3, 0.4) is 0 Å². The zero-order valence-corrected chi connectivity index (χ0v) is 13.0. The largest absolute Gasteiger partial charge is 0.464 e. The average Bonchev–Trinajstić information content (AvgIpc) is 2.62. The van der Waals surface area contributed by atoms with Gasteiger partial charge < -0.3 is 10.5 Å². The van der Waals surface area contributed by atoms with Gasteiger partial charge in [0.25, 0.3) is 0 Å². The van der Waals surface area contributed by atoms with Crippen molar-refractivity contribution in [1.82, 2.24) is 4.98 Å². The van der Waals surface area contributed by atoms with Crippen LogP contribution in [-0.4, -0.2) is 23.8 Å². The maximum absolute atomic E-state index is 11.6. The van der Waals surface area contributed by atoms with E-state index < -0.39 is 5.97 Å². The summed E-state index contributed by atoms with van der Waals surface area (Å²) in [6.45, 7) is 1.84. The van der Waals surface area contributed by atoms with Crippen LogP contribution in [0.25, 0.3) is 0 Å². The van der Waals surface area contributed by atoms with E-state index in [1.54, 1.807) is 12.1 Å². The lowest BCUT2D eigenvalue weighted by Crippen LogP contribution is -2.11. The van der Waals surface area contributed by atoms with E-state index in [-0.39, 0.29) is 5.69 Å². The third-order valence-corrected chi connectivity index (χ3v) is 3.12. The fourth-order valence-electron chi connectivity index (χ4n) is 1.89. The molecule has 6 nitrogen and oxygen atoms in total. The molecule has 0 radical (unpaired) electrons. The minimum atomic E-state index is -0.503. The Morgan fingerprint density at radius 2 is 2.04 bits per heavy atom. The van der Waals surface area contributed by atoms with E-state index in [1.165, 1.54) is 19.5 Å². The molecule has 0 saturated heterocycles. The Balaban J connectivity index is 2.37. The zero-order valence-electron chi connectivity index (χ0n) is 13.0. The number of para-hydroxylation sites is 1. The number of benzene rings is 1. The summed E-state index contributed by atoms with van der Waals surface area (Å²) in [6.07, 6.45) is 2.99. The number of nitrogens with two attached hydrogens (primary N) is 1. The van der Waals surface area contributed by atoms with Crippen LogP contribution in [0.2, 0.25) is 0 Å². The number of ether oxygens (including phenoxy) is 1. The summed E-state index contributed by atoms with van der Waals surface area (Å²) >= 11 is 0. The van der Waals surface area contributed by atoms with E-state index in [9.17, 15) is 4.79 Å². The fourth-order valence-corrected chi connectivity index (χ4v) is 1.89. The Kier molecular flexibility index (Phi) is 5.46. The zero-order chi connectivity index (χ0) is 16.7. The Morgan fingerprint density at radius 1 is 1.30 bits per heavy atom. The molecule has 2 aromatic rings. The van der Waals surface area contributed by atoms with Gasteiger partial charge in [0.2, 0.25) is 0 Å². The first kappa shape index (κ1) is 16.2. The van der Waals surface area contributed by atoms with Gasteiger partial charge in [-0.15, -0.1) is 0 Å². The number of anilines is 1. The molecule has 118 valence electrons. The van der Waals surface area contributed by atoms with Crippen molar-refractivity contribution in [3.05, 3.63) is 71.7 Å². The van der Waals surface area contributed by atoms with Gasteiger partial charge in [0.1, 0.15) is 5.69 Å². The molecule has 0 amide bonds. The summed E-state index contributed by atoms with van der Waals surface area (Å²) in [6, 6.07) is 12.9. The predicted molar refractivity (Wildman–Crippen MR) is 90.1 cm³/mol. The van der Waals surface area contributed by atoms with E-state index in [0.29, 0.717) is 11.3 Å². The highest BCUT2D eigenvalue weighted by molar-refractivity contribution is 6.13. The molecule has 0 spiro atoms. The molecule has 0 aliphatic carbocycles. The van der Waals surface area contributed by atoms with Crippen LogP contribution < -0.4 is 11.2 Å². The van der Waals surface area contributed by atoms with Gasteiger partial charge in [-0.3, -0.25) is 5.43 Å². The molecule has 1 aromatic carbocycles. The minimum absolute atomic E-state index is 0.210. The second-order valence-corrected chi connectivity index (χ2v) is 4.71. The van der Waals surface area contributed by atoms with Crippen LogP contribution in [0.15, 0.2) is 65.5 Å². The number of pyridine rings is 1. The number of esters is 1. The van der Waals surface area contributed by atoms with Crippen molar-refractivity contribution in [2.75, 3.05) is 12.5 Å². The molecule has 1 heterocycles. The maximum atomic E-state index is 11.6. The summed E-state index contributed by atoms with van der Waals surface area (Å²) in [5.74, 6) is -0.503. The summed E-state index contributed by atoms with van der Waals surface area (Å²) in [5, 5.41) is 4.40. The summed E-state index contributed by atoms with van der Waals surface area (Å²) in [4.78, 5) is 15.6. The second kappa shape index (κ2) is 7.74. The van der Waals surface area contributed by atoms with Gasteiger partial charge in [-0.25, -0.2) is 9.78 Å². The van der Waals surface area contributed by atoms with Crippen molar-refractivity contribution >= 4 is 17.4 Å². The number of hydrazone groups is 1. The minimum Gasteiger partial charge on any atom is -0.464 e. The van der Waals surface area contributed by atoms with E-state index in [4.69, 9.17) is 10.5 Å². The van der Waals surface area contributed by atoms with Crippen LogP contribution >= 0.6 is 0 Å². The average molecular weight is 310 g/mol. The SMILES string of the molecule is COC(=O)c1cc(C(=N/Nc2ccccc2)/C(C)=C/N)ccn1. The molecule has 23 heavy (non-hydrogen) atoms. The first-order valence-electron chi connectivity index (χ1n) is 6.98. The monoisotopic (exact) mass is 310 g/mol. The van der Waals surface area contributed by atoms with E-state index in [1.807, 2.05) is 37.3 Å². The first-order chi connectivity index (χ1) is 11.2. The quantitative estimate of drug-likeness (QED) is 0.503. The molecule has 0 unspecified atom stereocenters. The fraction of sp³-hybridized carbons (Fsp3) is 0.118. The maximum Gasteiger partial charge on any atom is 0.356 e. The standard InChI is InChI=1S/C17H18N4O2/c1-12(11-18)16(21-20-14-6-4-3-5-7-14)13-8-9-19-15(10-13)17(22)23-2/h3-11,20H,18H2,1-2H3/b12-11+,21-16+. The van der Waals surface area contributed by atoms with Crippen molar-refractivity contribution in [2.45, 2.75) is 6.92 Å². The number of rotatable bonds is 5. The summed E-state index contributed by atoms with van der Waals surface area (Å²) in [5.41, 5.74) is 11.7. The molecule has 1 aromatic heterocycles. The molecular weight excluding hydrogens is 292 g/mol. The highest BCUT2D eigenvalue weighted by Gasteiger charge is 2.12. The van der Waals surface area contributed by atoms with Crippen LogP contribution in [0.4, 0.5) is 5.69 Å². The van der Waals surface area contributed by atoms with Crippen LogP contribution in [0.5, 0.6) is 0 Å². The van der Waals surface area contributed by atoms with Crippen LogP contribution in [0.1, 0.15) is 23.0 Å². The molecule has 3 N–H and O–H groups in total. The van der Waals surface area contributed by atoms with Gasteiger partial charge in [0, 0.05) is 11.8 Å². The number of aromatic nitrogens is 1. The van der Waals surface area contributed by atoms with Crippen molar-refractivity contribution in [3.8, 4) is 0 Å². The van der Waals surface area contributed by atoms with Gasteiger partial charge >= 0.3 is 5.97 Å². The number of carbonyl (C=O) groups is 1. The molecular formula is C17H18N4O2. The lowest BCUT2D eigenvalue weighted by molar-refractivity contribution is 0.0594. The molecule has 0 atom stereocenters. The summed E-state index contributed by atoms with van der Waals surface area (Å²) < 4.78 is 4.69. The van der Waals surface area contributed by atoms with Gasteiger partial charge in [0.05, 0.1) is 18.5 Å². The number of hydrogen-bond donors (Lipinski definition) is 2. The van der Waals surface area contributed by atoms with Gasteiger partial charge in [-0.1, -0.05) is 18.2 Å². The van der Waals surface area contributed by atoms with Gasteiger partial charge in [-0.05, 0) is 43.0 Å². The highest BCUT2D eigenvalue weighted by Crippen LogP contribution is 2.12. The van der Waals surface area contributed by atoms with Crippen molar-refractivity contribution in [2.24, 2.45) is 10.8 Å². The second-order valence-electron chi connectivity index (χ2n) is 4.71. The molecule has 0 aliphatic rings. The summed E-state index contributed by atoms with van der Waals surface area (Å²) in [7, 11) is 1.31. The first-order valence-corrected chi connectivity index (χ1v) is 6.98. The topological polar surface area (TPSA) is 89.6 Å². The molecule has 2 rings (SSSR count). The van der Waals surface area contributed by atoms with Crippen molar-refractivity contribution in [3.63, 3.8) is 0 Å². The van der Waals surface area contributed by atoms with E-state index in [2.05, 4.69) is 15.5 Å². The Hall–Kier alpha value is -3.15. The third kappa shape index (κ3) is 4.16. The Labute approximate surface area is 134 Å². The third-order valence-electron chi connectivity index (χ3n) is 3.12. The van der Waals surface area contributed by atoms with Gasteiger partial charge in [-0.2, -0.15) is 5.10 Å². The van der Waals surface area contributed by atoms with E-state index >= 15 is 0 Å². The molecule has 6 heteroatoms. The van der Waals surface area contributed by atoms with Crippen LogP contribution in [-0.2, 0) is 4.74 Å². The number of carbonyl (C=O) groups excluding carboxylic acids is 1. The van der Waals surface area contributed by atoms with Crippen molar-refractivity contribution in [1.29, 1.82) is 0 Å². The highest BCUT2D eigenvalue weighted by atomic mass is 16.5. The molecule has 0 saturated carbocycles. The normalized spacial score (nSPS) is 11.9. The number of methoxy groups -OCH3 is 1. The predicted octanol–water partition coefficient (Wildman–Crippen LogP) is 2.55. The van der Waals surface area contributed by atoms with E-state index in [0.717, 1.165) is 11.3 Å². The molecule has 0 aliphatic heterocycles. The Bertz CT molecular complexity index is 739. The smallest absolute Gasteiger partial charge is 0.356 e. The number of allylic oxidation sites excluding steroid dienone is 1. The number of nitrogens with one attached hydrogen (secondary N) is 1. The lowest BCUT2D eigenvalue weighted by Gasteiger charge is -2.09. The number of hydrogen-bond acceptors (Lipinski definition) is 6. The number of nitrogens with zero attached hydrogens (tertiary/aromatic N) is 2. The lowest BCUT2D eigenvalue weighted by atomic mass is 10.0. The van der Waals surface area contributed by atoms with Crippen LogP contribution in [0, 0.1) is 0 Å².